The van der Waals surface area contributed by atoms with Gasteiger partial charge in [-0.1, -0.05) is 128 Å². The molecular weight excluding hydrogens is 707 g/mol. The molecule has 0 saturated heterocycles. The standard InChI is InChI=1S/C39H71O13P/c1-3-5-7-9-11-13-14-15-16-17-18-20-22-24-26-28-33(41)51-31(29-49-32(40)27-25-23-21-19-12-10-8-6-4-2)30-50-53(47,48)52-39-37(45)35(43)34(42)36(44)38(39)46/h13-16,31,34-39,42-46H,3-12,17-30H2,1-2H3,(H,47,48)/b14-13+,16-15+/t31-,34?,35+,36?,37?,38?,39?/m1/s1. The minimum absolute atomic E-state index is 0.0810. The van der Waals surface area contributed by atoms with Crippen molar-refractivity contribution in [2.45, 2.75) is 198 Å². The van der Waals surface area contributed by atoms with Crippen LogP contribution in [0.4, 0.5) is 0 Å². The second-order valence-corrected chi connectivity index (χ2v) is 15.6. The number of carbonyl (C=O) groups excluding carboxylic acids is 2. The van der Waals surface area contributed by atoms with Crippen molar-refractivity contribution < 1.29 is 63.1 Å². The monoisotopic (exact) mass is 778 g/mol. The van der Waals surface area contributed by atoms with Crippen molar-refractivity contribution in [2.75, 3.05) is 13.2 Å². The van der Waals surface area contributed by atoms with Gasteiger partial charge in [-0.25, -0.2) is 4.57 Å². The number of hydrogen-bond donors (Lipinski definition) is 6. The largest absolute Gasteiger partial charge is 0.472 e. The molecule has 0 radical (unpaired) electrons. The second kappa shape index (κ2) is 30.5. The molecule has 1 fully saturated rings. The van der Waals surface area contributed by atoms with E-state index in [1.165, 1.54) is 57.8 Å². The minimum Gasteiger partial charge on any atom is -0.462 e. The molecule has 8 atom stereocenters. The van der Waals surface area contributed by atoms with Gasteiger partial charge in [-0.05, 0) is 38.5 Å². The van der Waals surface area contributed by atoms with Gasteiger partial charge in [-0.2, -0.15) is 0 Å². The van der Waals surface area contributed by atoms with Crippen molar-refractivity contribution in [2.24, 2.45) is 0 Å². The smallest absolute Gasteiger partial charge is 0.462 e. The first kappa shape index (κ1) is 49.3. The van der Waals surface area contributed by atoms with Crippen molar-refractivity contribution in [3.63, 3.8) is 0 Å². The summed E-state index contributed by atoms with van der Waals surface area (Å²) in [5.74, 6) is -1.12. The van der Waals surface area contributed by atoms with Crippen molar-refractivity contribution in [3.05, 3.63) is 24.3 Å². The van der Waals surface area contributed by atoms with E-state index in [0.717, 1.165) is 57.8 Å². The summed E-state index contributed by atoms with van der Waals surface area (Å²) in [5, 5.41) is 49.9. The Balaban J connectivity index is 2.53. The number of unbranched alkanes of at least 4 members (excludes halogenated alkanes) is 17. The fraction of sp³-hybridized carbons (Fsp3) is 0.846. The third kappa shape index (κ3) is 23.8. The van der Waals surface area contributed by atoms with Crippen LogP contribution in [0.3, 0.4) is 0 Å². The van der Waals surface area contributed by atoms with Crippen LogP contribution < -0.4 is 0 Å². The molecule has 0 aliphatic heterocycles. The first-order valence-electron chi connectivity index (χ1n) is 20.2. The first-order valence-corrected chi connectivity index (χ1v) is 21.7. The number of hydrogen-bond acceptors (Lipinski definition) is 12. The van der Waals surface area contributed by atoms with Crippen molar-refractivity contribution in [1.29, 1.82) is 0 Å². The number of allylic oxidation sites excluding steroid dienone is 4. The summed E-state index contributed by atoms with van der Waals surface area (Å²) >= 11 is 0. The highest BCUT2D eigenvalue weighted by Crippen LogP contribution is 2.47. The summed E-state index contributed by atoms with van der Waals surface area (Å²) in [6.45, 7) is 3.21. The van der Waals surface area contributed by atoms with Crippen LogP contribution in [0, 0.1) is 0 Å². The van der Waals surface area contributed by atoms with Gasteiger partial charge in [0.1, 0.15) is 43.2 Å². The second-order valence-electron chi connectivity index (χ2n) is 14.2. The van der Waals surface area contributed by atoms with Crippen LogP contribution in [0.5, 0.6) is 0 Å². The van der Waals surface area contributed by atoms with E-state index in [1.807, 2.05) is 0 Å². The predicted octanol–water partition coefficient (Wildman–Crippen LogP) is 6.50. The van der Waals surface area contributed by atoms with E-state index in [-0.39, 0.29) is 12.8 Å². The van der Waals surface area contributed by atoms with Gasteiger partial charge in [0.05, 0.1) is 6.61 Å². The van der Waals surface area contributed by atoms with Gasteiger partial charge in [-0.3, -0.25) is 18.6 Å². The SMILES string of the molecule is CCCCCC/C=C/C=C/CCCCCCCC(=O)O[C@H](COC(=O)CCCCCCCCCCC)COP(=O)(O)OC1C(O)C(O)C(O)[C@H](O)C1O. The fourth-order valence-corrected chi connectivity index (χ4v) is 6.96. The fourth-order valence-electron chi connectivity index (χ4n) is 5.98. The molecule has 14 heteroatoms. The average Bonchev–Trinajstić information content (AvgIpc) is 3.13. The van der Waals surface area contributed by atoms with Gasteiger partial charge in [0, 0.05) is 12.8 Å². The predicted molar refractivity (Wildman–Crippen MR) is 203 cm³/mol. The Kier molecular flexibility index (Phi) is 28.4. The Morgan fingerprint density at radius 2 is 1.00 bits per heavy atom. The number of phosphoric acid groups is 1. The summed E-state index contributed by atoms with van der Waals surface area (Å²) in [6, 6.07) is 0. The van der Waals surface area contributed by atoms with Crippen LogP contribution >= 0.6 is 7.82 Å². The highest BCUT2D eigenvalue weighted by molar-refractivity contribution is 7.47. The molecule has 6 N–H and O–H groups in total. The van der Waals surface area contributed by atoms with Crippen LogP contribution in [0.1, 0.15) is 155 Å². The lowest BCUT2D eigenvalue weighted by atomic mass is 9.85. The Hall–Kier alpha value is -1.67. The molecule has 0 bridgehead atoms. The van der Waals surface area contributed by atoms with Gasteiger partial charge < -0.3 is 39.9 Å². The Labute approximate surface area is 317 Å². The van der Waals surface area contributed by atoms with Gasteiger partial charge >= 0.3 is 19.8 Å². The number of aliphatic hydroxyl groups is 5. The Morgan fingerprint density at radius 1 is 0.585 bits per heavy atom. The van der Waals surface area contributed by atoms with Gasteiger partial charge in [0.15, 0.2) is 6.10 Å². The highest BCUT2D eigenvalue weighted by Gasteiger charge is 2.51. The lowest BCUT2D eigenvalue weighted by molar-refractivity contribution is -0.220. The number of aliphatic hydroxyl groups excluding tert-OH is 5. The molecule has 1 rings (SSSR count). The number of phosphoric ester groups is 1. The van der Waals surface area contributed by atoms with Gasteiger partial charge in [-0.15, -0.1) is 0 Å². The molecule has 1 saturated carbocycles. The third-order valence-electron chi connectivity index (χ3n) is 9.32. The van der Waals surface area contributed by atoms with Crippen molar-refractivity contribution in [1.82, 2.24) is 0 Å². The molecule has 1 aliphatic rings. The summed E-state index contributed by atoms with van der Waals surface area (Å²) in [6.07, 6.45) is 16.9. The third-order valence-corrected chi connectivity index (χ3v) is 10.3. The summed E-state index contributed by atoms with van der Waals surface area (Å²) in [7, 11) is -5.11. The van der Waals surface area contributed by atoms with E-state index in [2.05, 4.69) is 38.2 Å². The Bertz CT molecular complexity index is 1040. The number of carbonyl (C=O) groups is 2. The molecule has 53 heavy (non-hydrogen) atoms. The van der Waals surface area contributed by atoms with E-state index < -0.39 is 75.7 Å². The average molecular weight is 779 g/mol. The molecule has 13 nitrogen and oxygen atoms in total. The molecule has 310 valence electrons. The summed E-state index contributed by atoms with van der Waals surface area (Å²) < 4.78 is 33.3. The topological polar surface area (TPSA) is 210 Å². The van der Waals surface area contributed by atoms with E-state index in [0.29, 0.717) is 12.8 Å². The van der Waals surface area contributed by atoms with Crippen molar-refractivity contribution in [3.8, 4) is 0 Å². The highest BCUT2D eigenvalue weighted by atomic mass is 31.2. The Morgan fingerprint density at radius 3 is 1.51 bits per heavy atom. The minimum atomic E-state index is -5.11. The molecule has 0 amide bonds. The van der Waals surface area contributed by atoms with Crippen LogP contribution in [0.2, 0.25) is 0 Å². The lowest BCUT2D eigenvalue weighted by Gasteiger charge is -2.41. The quantitative estimate of drug-likeness (QED) is 0.0187. The zero-order chi connectivity index (χ0) is 39.3. The molecule has 0 spiro atoms. The van der Waals surface area contributed by atoms with E-state index in [4.69, 9.17) is 18.5 Å². The van der Waals surface area contributed by atoms with E-state index in [9.17, 15) is 44.6 Å². The van der Waals surface area contributed by atoms with Crippen LogP contribution in [0.25, 0.3) is 0 Å². The molecular formula is C39H71O13P. The summed E-state index contributed by atoms with van der Waals surface area (Å²) in [4.78, 5) is 35.4. The number of rotatable bonds is 32. The van der Waals surface area contributed by atoms with Crippen LogP contribution in [-0.2, 0) is 32.7 Å². The van der Waals surface area contributed by atoms with Gasteiger partial charge in [0.25, 0.3) is 0 Å². The lowest BCUT2D eigenvalue weighted by Crippen LogP contribution is -2.64. The molecule has 6 unspecified atom stereocenters. The van der Waals surface area contributed by atoms with Gasteiger partial charge in [0.2, 0.25) is 0 Å². The maximum atomic E-state index is 12.7. The number of ether oxygens (including phenoxy) is 2. The molecule has 0 aromatic carbocycles. The first-order chi connectivity index (χ1) is 25.4. The van der Waals surface area contributed by atoms with Crippen LogP contribution in [-0.4, -0.2) is 98.3 Å². The maximum Gasteiger partial charge on any atom is 0.472 e. The molecule has 0 aromatic heterocycles. The summed E-state index contributed by atoms with van der Waals surface area (Å²) in [5.41, 5.74) is 0. The normalized spacial score (nSPS) is 23.7. The molecule has 0 heterocycles. The number of esters is 2. The zero-order valence-corrected chi connectivity index (χ0v) is 33.2. The van der Waals surface area contributed by atoms with Crippen molar-refractivity contribution >= 4 is 19.8 Å². The van der Waals surface area contributed by atoms with Crippen LogP contribution in [0.15, 0.2) is 24.3 Å². The van der Waals surface area contributed by atoms with E-state index in [1.54, 1.807) is 0 Å². The zero-order valence-electron chi connectivity index (χ0n) is 32.3. The van der Waals surface area contributed by atoms with E-state index >= 15 is 0 Å². The maximum absolute atomic E-state index is 12.7. The molecule has 0 aromatic rings. The molecule has 1 aliphatic carbocycles.